The van der Waals surface area contributed by atoms with E-state index in [9.17, 15) is 4.79 Å². The molecule has 1 rings (SSSR count). The Morgan fingerprint density at radius 2 is 2.38 bits per heavy atom. The van der Waals surface area contributed by atoms with E-state index in [4.69, 9.17) is 10.2 Å². The number of hydrogen-bond donors (Lipinski definition) is 2. The number of nitrogens with two attached hydrogens (primary N) is 1. The number of amides is 1. The van der Waals surface area contributed by atoms with Gasteiger partial charge in [0.15, 0.2) is 0 Å². The standard InChI is InChI=1S/C11H18N2O2.ClH/c1-2-3-4-10(7-12)13-11(14)9-5-6-15-8-9;/h5-6,8,10H,2-4,7,12H2,1H3,(H,13,14);1H. The molecule has 16 heavy (non-hydrogen) atoms. The van der Waals surface area contributed by atoms with Crippen LogP contribution < -0.4 is 11.1 Å². The van der Waals surface area contributed by atoms with Crippen molar-refractivity contribution in [2.75, 3.05) is 6.54 Å². The quantitative estimate of drug-likeness (QED) is 0.806. The fraction of sp³-hybridized carbons (Fsp3) is 0.545. The van der Waals surface area contributed by atoms with Crippen LogP contribution in [0.2, 0.25) is 0 Å². The highest BCUT2D eigenvalue weighted by atomic mass is 35.5. The monoisotopic (exact) mass is 246 g/mol. The van der Waals surface area contributed by atoms with Gasteiger partial charge in [-0.2, -0.15) is 0 Å². The van der Waals surface area contributed by atoms with Crippen molar-refractivity contribution in [3.63, 3.8) is 0 Å². The van der Waals surface area contributed by atoms with E-state index in [0.717, 1.165) is 19.3 Å². The molecule has 0 radical (unpaired) electrons. The predicted molar refractivity (Wildman–Crippen MR) is 65.8 cm³/mol. The molecule has 0 saturated carbocycles. The van der Waals surface area contributed by atoms with Crippen LogP contribution in [0.4, 0.5) is 0 Å². The molecule has 1 unspecified atom stereocenters. The van der Waals surface area contributed by atoms with Gasteiger partial charge in [0, 0.05) is 12.6 Å². The number of unbranched alkanes of at least 4 members (excludes halogenated alkanes) is 1. The summed E-state index contributed by atoms with van der Waals surface area (Å²) in [5.41, 5.74) is 6.12. The first-order valence-electron chi connectivity index (χ1n) is 5.31. The SMILES string of the molecule is CCCCC(CN)NC(=O)c1ccoc1.Cl. The summed E-state index contributed by atoms with van der Waals surface area (Å²) in [7, 11) is 0. The maximum absolute atomic E-state index is 11.6. The molecular weight excluding hydrogens is 228 g/mol. The van der Waals surface area contributed by atoms with Crippen LogP contribution in [0.1, 0.15) is 36.5 Å². The van der Waals surface area contributed by atoms with Crippen molar-refractivity contribution in [3.05, 3.63) is 24.2 Å². The van der Waals surface area contributed by atoms with Crippen molar-refractivity contribution in [2.45, 2.75) is 32.2 Å². The Balaban J connectivity index is 0.00000225. The highest BCUT2D eigenvalue weighted by molar-refractivity contribution is 5.93. The summed E-state index contributed by atoms with van der Waals surface area (Å²) < 4.78 is 4.84. The molecule has 1 aromatic heterocycles. The number of hydrogen-bond acceptors (Lipinski definition) is 3. The van der Waals surface area contributed by atoms with E-state index in [1.807, 2.05) is 0 Å². The molecule has 92 valence electrons. The Bertz CT molecular complexity index is 288. The normalized spacial score (nSPS) is 11.6. The first kappa shape index (κ1) is 15.0. The van der Waals surface area contributed by atoms with Crippen molar-refractivity contribution in [1.82, 2.24) is 5.32 Å². The van der Waals surface area contributed by atoms with E-state index in [-0.39, 0.29) is 24.4 Å². The second-order valence-electron chi connectivity index (χ2n) is 3.56. The lowest BCUT2D eigenvalue weighted by Crippen LogP contribution is -2.40. The summed E-state index contributed by atoms with van der Waals surface area (Å²) in [5, 5.41) is 2.88. The van der Waals surface area contributed by atoms with Gasteiger partial charge in [-0.25, -0.2) is 0 Å². The van der Waals surface area contributed by atoms with Crippen molar-refractivity contribution in [2.24, 2.45) is 5.73 Å². The molecular formula is C11H19ClN2O2. The van der Waals surface area contributed by atoms with Crippen molar-refractivity contribution < 1.29 is 9.21 Å². The average molecular weight is 247 g/mol. The second-order valence-corrected chi connectivity index (χ2v) is 3.56. The van der Waals surface area contributed by atoms with Gasteiger partial charge in [0.1, 0.15) is 6.26 Å². The smallest absolute Gasteiger partial charge is 0.254 e. The van der Waals surface area contributed by atoms with Crippen LogP contribution in [0.25, 0.3) is 0 Å². The van der Waals surface area contributed by atoms with E-state index in [1.54, 1.807) is 6.07 Å². The lowest BCUT2D eigenvalue weighted by Gasteiger charge is -2.15. The maximum Gasteiger partial charge on any atom is 0.254 e. The number of nitrogens with one attached hydrogen (secondary N) is 1. The summed E-state index contributed by atoms with van der Waals surface area (Å²) in [6.45, 7) is 2.59. The summed E-state index contributed by atoms with van der Waals surface area (Å²) in [6.07, 6.45) is 6.03. The van der Waals surface area contributed by atoms with Gasteiger partial charge in [-0.1, -0.05) is 19.8 Å². The summed E-state index contributed by atoms with van der Waals surface area (Å²) >= 11 is 0. The minimum absolute atomic E-state index is 0. The van der Waals surface area contributed by atoms with E-state index >= 15 is 0 Å². The molecule has 0 aromatic carbocycles. The fourth-order valence-corrected chi connectivity index (χ4v) is 1.36. The molecule has 0 fully saturated rings. The van der Waals surface area contributed by atoms with Crippen LogP contribution in [-0.2, 0) is 0 Å². The average Bonchev–Trinajstić information content (AvgIpc) is 2.77. The number of halogens is 1. The van der Waals surface area contributed by atoms with Crippen LogP contribution in [0, 0.1) is 0 Å². The summed E-state index contributed by atoms with van der Waals surface area (Å²) in [5.74, 6) is -0.115. The molecule has 0 spiro atoms. The molecule has 4 nitrogen and oxygen atoms in total. The molecule has 3 N–H and O–H groups in total. The van der Waals surface area contributed by atoms with E-state index in [1.165, 1.54) is 12.5 Å². The Hall–Kier alpha value is -1.00. The third kappa shape index (κ3) is 4.68. The second kappa shape index (κ2) is 8.19. The minimum atomic E-state index is -0.115. The zero-order valence-corrected chi connectivity index (χ0v) is 10.3. The Morgan fingerprint density at radius 1 is 1.62 bits per heavy atom. The lowest BCUT2D eigenvalue weighted by atomic mass is 10.1. The first-order valence-corrected chi connectivity index (χ1v) is 5.31. The zero-order chi connectivity index (χ0) is 11.1. The number of carbonyl (C=O) groups is 1. The summed E-state index contributed by atoms with van der Waals surface area (Å²) in [4.78, 5) is 11.6. The first-order chi connectivity index (χ1) is 7.27. The van der Waals surface area contributed by atoms with Crippen LogP contribution in [0.3, 0.4) is 0 Å². The van der Waals surface area contributed by atoms with E-state index in [2.05, 4.69) is 12.2 Å². The van der Waals surface area contributed by atoms with E-state index < -0.39 is 0 Å². The molecule has 1 aromatic rings. The van der Waals surface area contributed by atoms with Gasteiger partial charge >= 0.3 is 0 Å². The van der Waals surface area contributed by atoms with Crippen molar-refractivity contribution >= 4 is 18.3 Å². The topological polar surface area (TPSA) is 68.3 Å². The zero-order valence-electron chi connectivity index (χ0n) is 9.44. The highest BCUT2D eigenvalue weighted by Crippen LogP contribution is 2.03. The van der Waals surface area contributed by atoms with Gasteiger partial charge < -0.3 is 15.5 Å². The molecule has 0 saturated heterocycles. The van der Waals surface area contributed by atoms with Crippen molar-refractivity contribution in [3.8, 4) is 0 Å². The molecule has 0 bridgehead atoms. The van der Waals surface area contributed by atoms with E-state index in [0.29, 0.717) is 12.1 Å². The molecule has 1 heterocycles. The Kier molecular flexibility index (Phi) is 7.68. The molecule has 0 aliphatic rings. The molecule has 0 aliphatic carbocycles. The molecule has 1 amide bonds. The summed E-state index contributed by atoms with van der Waals surface area (Å²) in [6, 6.07) is 1.70. The number of carbonyl (C=O) groups excluding carboxylic acids is 1. The van der Waals surface area contributed by atoms with Crippen LogP contribution in [0.15, 0.2) is 23.0 Å². The van der Waals surface area contributed by atoms with Gasteiger partial charge in [0.25, 0.3) is 5.91 Å². The third-order valence-electron chi connectivity index (χ3n) is 2.31. The van der Waals surface area contributed by atoms with Gasteiger partial charge in [-0.05, 0) is 12.5 Å². The number of furan rings is 1. The van der Waals surface area contributed by atoms with Crippen LogP contribution in [0.5, 0.6) is 0 Å². The Labute approximate surface area is 102 Å². The maximum atomic E-state index is 11.6. The highest BCUT2D eigenvalue weighted by Gasteiger charge is 2.12. The van der Waals surface area contributed by atoms with Crippen LogP contribution in [-0.4, -0.2) is 18.5 Å². The van der Waals surface area contributed by atoms with Crippen LogP contribution >= 0.6 is 12.4 Å². The lowest BCUT2D eigenvalue weighted by molar-refractivity contribution is 0.0935. The fourth-order valence-electron chi connectivity index (χ4n) is 1.36. The largest absolute Gasteiger partial charge is 0.472 e. The van der Waals surface area contributed by atoms with Gasteiger partial charge in [-0.3, -0.25) is 4.79 Å². The Morgan fingerprint density at radius 3 is 2.88 bits per heavy atom. The van der Waals surface area contributed by atoms with Gasteiger partial charge in [0.05, 0.1) is 11.8 Å². The molecule has 1 atom stereocenters. The minimum Gasteiger partial charge on any atom is -0.472 e. The predicted octanol–water partition coefficient (Wildman–Crippen LogP) is 1.95. The third-order valence-corrected chi connectivity index (χ3v) is 2.31. The van der Waals surface area contributed by atoms with Gasteiger partial charge in [-0.15, -0.1) is 12.4 Å². The molecule has 0 aliphatic heterocycles. The molecule has 5 heteroatoms. The van der Waals surface area contributed by atoms with Gasteiger partial charge in [0.2, 0.25) is 0 Å². The number of rotatable bonds is 6. The van der Waals surface area contributed by atoms with Crippen molar-refractivity contribution in [1.29, 1.82) is 0 Å².